The molecule has 0 fully saturated rings. The molecule has 58 valence electrons. The fourth-order valence-corrected chi connectivity index (χ4v) is 0.741. The van der Waals surface area contributed by atoms with Crippen molar-refractivity contribution >= 4 is 0 Å². The first-order chi connectivity index (χ1) is 5.08. The average molecular weight is 152 g/mol. The van der Waals surface area contributed by atoms with Gasteiger partial charge >= 0.3 is 0 Å². The Labute approximate surface area is 64.2 Å². The summed E-state index contributed by atoms with van der Waals surface area (Å²) in [5, 5.41) is 16.4. The molecule has 4 nitrogen and oxygen atoms in total. The second-order valence-corrected chi connectivity index (χ2v) is 2.41. The van der Waals surface area contributed by atoms with E-state index in [1.54, 1.807) is 6.92 Å². The summed E-state index contributed by atoms with van der Waals surface area (Å²) in [6.07, 6.45) is 5.06. The number of aryl methyl sites for hydroxylation is 1. The van der Waals surface area contributed by atoms with E-state index >= 15 is 0 Å². The third-order valence-corrected chi connectivity index (χ3v) is 1.39. The minimum absolute atomic E-state index is 0.292. The summed E-state index contributed by atoms with van der Waals surface area (Å²) in [4.78, 5) is 0. The lowest BCUT2D eigenvalue weighted by molar-refractivity contribution is 0.111. The van der Waals surface area contributed by atoms with Crippen molar-refractivity contribution < 1.29 is 9.74 Å². The van der Waals surface area contributed by atoms with E-state index in [2.05, 4.69) is 20.9 Å². The molecule has 1 unspecified atom stereocenters. The SMILES string of the molecule is C#CC(C)(O)c1nonc1C. The van der Waals surface area contributed by atoms with E-state index in [-0.39, 0.29) is 0 Å². The molecule has 0 aromatic carbocycles. The number of rotatable bonds is 1. The Morgan fingerprint density at radius 2 is 2.27 bits per heavy atom. The van der Waals surface area contributed by atoms with Crippen LogP contribution < -0.4 is 0 Å². The Kier molecular flexibility index (Phi) is 1.67. The molecule has 0 aliphatic heterocycles. The van der Waals surface area contributed by atoms with Gasteiger partial charge in [0.1, 0.15) is 5.69 Å². The van der Waals surface area contributed by atoms with Crippen LogP contribution in [0.5, 0.6) is 0 Å². The van der Waals surface area contributed by atoms with Crippen molar-refractivity contribution in [2.75, 3.05) is 0 Å². The van der Waals surface area contributed by atoms with Crippen molar-refractivity contribution in [2.45, 2.75) is 19.4 Å². The maximum Gasteiger partial charge on any atom is 0.170 e. The van der Waals surface area contributed by atoms with Gasteiger partial charge in [0.05, 0.1) is 0 Å². The fourth-order valence-electron chi connectivity index (χ4n) is 0.741. The molecular formula is C7H8N2O2. The monoisotopic (exact) mass is 152 g/mol. The van der Waals surface area contributed by atoms with Crippen LogP contribution in [0.2, 0.25) is 0 Å². The quantitative estimate of drug-likeness (QED) is 0.585. The maximum atomic E-state index is 9.47. The summed E-state index contributed by atoms with van der Waals surface area (Å²) in [7, 11) is 0. The van der Waals surface area contributed by atoms with Gasteiger partial charge in [-0.05, 0) is 13.8 Å². The molecule has 1 aromatic rings. The zero-order chi connectivity index (χ0) is 8.48. The van der Waals surface area contributed by atoms with E-state index in [9.17, 15) is 5.11 Å². The standard InChI is InChI=1S/C7H8N2O2/c1-4-7(3,10)6-5(2)8-11-9-6/h1,10H,2-3H3. The van der Waals surface area contributed by atoms with Crippen LogP contribution in [0.4, 0.5) is 0 Å². The molecule has 0 spiro atoms. The Morgan fingerprint density at radius 1 is 1.64 bits per heavy atom. The smallest absolute Gasteiger partial charge is 0.170 e. The number of aliphatic hydroxyl groups is 1. The van der Waals surface area contributed by atoms with Crippen LogP contribution >= 0.6 is 0 Å². The molecule has 1 heterocycles. The van der Waals surface area contributed by atoms with Gasteiger partial charge in [-0.1, -0.05) is 16.2 Å². The van der Waals surface area contributed by atoms with Crippen LogP contribution in [-0.4, -0.2) is 15.4 Å². The zero-order valence-electron chi connectivity index (χ0n) is 6.33. The molecule has 1 atom stereocenters. The highest BCUT2D eigenvalue weighted by molar-refractivity contribution is 5.23. The highest BCUT2D eigenvalue weighted by Gasteiger charge is 2.26. The van der Waals surface area contributed by atoms with Gasteiger partial charge in [-0.25, -0.2) is 4.63 Å². The average Bonchev–Trinajstić information content (AvgIpc) is 2.36. The molecule has 11 heavy (non-hydrogen) atoms. The molecular weight excluding hydrogens is 144 g/mol. The van der Waals surface area contributed by atoms with E-state index in [0.717, 1.165) is 0 Å². The molecule has 0 aliphatic carbocycles. The molecule has 0 amide bonds. The number of hydrogen-bond donors (Lipinski definition) is 1. The first-order valence-electron chi connectivity index (χ1n) is 3.07. The van der Waals surface area contributed by atoms with Crippen molar-refractivity contribution in [1.29, 1.82) is 0 Å². The molecule has 0 saturated carbocycles. The predicted octanol–water partition coefficient (Wildman–Crippen LogP) is 0.219. The second kappa shape index (κ2) is 2.36. The van der Waals surface area contributed by atoms with Gasteiger partial charge in [0.2, 0.25) is 0 Å². The molecule has 0 bridgehead atoms. The zero-order valence-corrected chi connectivity index (χ0v) is 6.33. The van der Waals surface area contributed by atoms with E-state index in [1.807, 2.05) is 0 Å². The van der Waals surface area contributed by atoms with Crippen LogP contribution in [-0.2, 0) is 5.60 Å². The van der Waals surface area contributed by atoms with Gasteiger partial charge < -0.3 is 5.11 Å². The van der Waals surface area contributed by atoms with Crippen molar-refractivity contribution in [2.24, 2.45) is 0 Å². The molecule has 0 aliphatic rings. The molecule has 1 rings (SSSR count). The fraction of sp³-hybridized carbons (Fsp3) is 0.429. The van der Waals surface area contributed by atoms with Crippen LogP contribution in [0, 0.1) is 19.3 Å². The topological polar surface area (TPSA) is 59.2 Å². The predicted molar refractivity (Wildman–Crippen MR) is 37.4 cm³/mol. The molecule has 0 radical (unpaired) electrons. The van der Waals surface area contributed by atoms with Gasteiger partial charge in [-0.3, -0.25) is 0 Å². The summed E-state index contributed by atoms with van der Waals surface area (Å²) in [5.41, 5.74) is -0.586. The molecule has 1 aromatic heterocycles. The first-order valence-corrected chi connectivity index (χ1v) is 3.07. The lowest BCUT2D eigenvalue weighted by Crippen LogP contribution is -2.19. The van der Waals surface area contributed by atoms with Crippen LogP contribution in [0.3, 0.4) is 0 Å². The van der Waals surface area contributed by atoms with Crippen molar-refractivity contribution in [3.05, 3.63) is 11.4 Å². The maximum absolute atomic E-state index is 9.47. The summed E-state index contributed by atoms with van der Waals surface area (Å²) in [5.74, 6) is 2.18. The Hall–Kier alpha value is -1.34. The van der Waals surface area contributed by atoms with E-state index < -0.39 is 5.60 Å². The Bertz CT molecular complexity index is 296. The van der Waals surface area contributed by atoms with Gasteiger partial charge in [0, 0.05) is 0 Å². The summed E-state index contributed by atoms with van der Waals surface area (Å²) in [6, 6.07) is 0. The summed E-state index contributed by atoms with van der Waals surface area (Å²) in [6.45, 7) is 3.12. The largest absolute Gasteiger partial charge is 0.372 e. The van der Waals surface area contributed by atoms with Crippen LogP contribution in [0.1, 0.15) is 18.3 Å². The lowest BCUT2D eigenvalue weighted by atomic mass is 10.0. The molecule has 1 N–H and O–H groups in total. The lowest BCUT2D eigenvalue weighted by Gasteiger charge is -2.11. The Morgan fingerprint density at radius 3 is 2.64 bits per heavy atom. The second-order valence-electron chi connectivity index (χ2n) is 2.41. The highest BCUT2D eigenvalue weighted by atomic mass is 16.6. The van der Waals surface area contributed by atoms with Gasteiger partial charge in [0.25, 0.3) is 0 Å². The van der Waals surface area contributed by atoms with Gasteiger partial charge in [0.15, 0.2) is 11.3 Å². The number of aromatic nitrogens is 2. The van der Waals surface area contributed by atoms with Crippen molar-refractivity contribution in [3.63, 3.8) is 0 Å². The summed E-state index contributed by atoms with van der Waals surface area (Å²) < 4.78 is 4.38. The Balaban J connectivity index is 3.13. The highest BCUT2D eigenvalue weighted by Crippen LogP contribution is 2.18. The molecule has 4 heteroatoms. The van der Waals surface area contributed by atoms with E-state index in [0.29, 0.717) is 11.4 Å². The number of nitrogens with zero attached hydrogens (tertiary/aromatic N) is 2. The van der Waals surface area contributed by atoms with E-state index in [1.165, 1.54) is 6.92 Å². The van der Waals surface area contributed by atoms with Crippen LogP contribution in [0.25, 0.3) is 0 Å². The van der Waals surface area contributed by atoms with E-state index in [4.69, 9.17) is 6.42 Å². The van der Waals surface area contributed by atoms with Gasteiger partial charge in [-0.2, -0.15) is 0 Å². The first kappa shape index (κ1) is 7.76. The third kappa shape index (κ3) is 1.23. The normalized spacial score (nSPS) is 15.5. The minimum atomic E-state index is -1.38. The van der Waals surface area contributed by atoms with Crippen molar-refractivity contribution in [1.82, 2.24) is 10.3 Å². The van der Waals surface area contributed by atoms with Crippen LogP contribution in [0.15, 0.2) is 4.63 Å². The minimum Gasteiger partial charge on any atom is -0.372 e. The number of terminal acetylenes is 1. The van der Waals surface area contributed by atoms with Crippen molar-refractivity contribution in [3.8, 4) is 12.3 Å². The number of hydrogen-bond acceptors (Lipinski definition) is 4. The summed E-state index contributed by atoms with van der Waals surface area (Å²) >= 11 is 0. The third-order valence-electron chi connectivity index (χ3n) is 1.39. The molecule has 0 saturated heterocycles. The van der Waals surface area contributed by atoms with Gasteiger partial charge in [-0.15, -0.1) is 6.42 Å².